The van der Waals surface area contributed by atoms with E-state index in [9.17, 15) is 9.59 Å². The second-order valence-corrected chi connectivity index (χ2v) is 8.47. The van der Waals surface area contributed by atoms with E-state index in [-0.39, 0.29) is 43.0 Å². The largest absolute Gasteiger partial charge is 0.481 e. The number of aromatic nitrogens is 2. The zero-order valence-corrected chi connectivity index (χ0v) is 18.7. The van der Waals surface area contributed by atoms with Gasteiger partial charge in [0, 0.05) is 44.4 Å². The van der Waals surface area contributed by atoms with Crippen LogP contribution in [-0.4, -0.2) is 78.6 Å². The van der Waals surface area contributed by atoms with E-state index in [1.807, 2.05) is 49.3 Å². The molecule has 3 heterocycles. The molecule has 2 saturated heterocycles. The van der Waals surface area contributed by atoms with Crippen molar-refractivity contribution in [1.82, 2.24) is 15.3 Å². The topological polar surface area (TPSA) is 126 Å². The third-order valence-corrected chi connectivity index (χ3v) is 5.84. The molecule has 0 radical (unpaired) electrons. The van der Waals surface area contributed by atoms with Crippen LogP contribution >= 0.6 is 0 Å². The third-order valence-electron chi connectivity index (χ3n) is 5.84. The quantitative estimate of drug-likeness (QED) is 0.516. The van der Waals surface area contributed by atoms with E-state index in [1.54, 1.807) is 6.20 Å². The van der Waals surface area contributed by atoms with E-state index in [0.29, 0.717) is 25.6 Å². The Morgan fingerprint density at radius 3 is 2.45 bits per heavy atom. The number of nitrogens with one attached hydrogen (secondary N) is 2. The van der Waals surface area contributed by atoms with Crippen LogP contribution in [0, 0.1) is 0 Å². The molecule has 2 aromatic rings. The molecule has 1 aromatic carbocycles. The molecule has 0 bridgehead atoms. The number of hydrogen-bond acceptors (Lipinski definition) is 8. The Bertz CT molecular complexity index is 983. The number of nitrogens with zero attached hydrogens (tertiary/aromatic N) is 3. The molecule has 2 aliphatic heterocycles. The fourth-order valence-corrected chi connectivity index (χ4v) is 4.11. The predicted molar refractivity (Wildman–Crippen MR) is 122 cm³/mol. The van der Waals surface area contributed by atoms with Crippen molar-refractivity contribution in [2.24, 2.45) is 0 Å². The van der Waals surface area contributed by atoms with E-state index in [0.717, 1.165) is 16.9 Å². The summed E-state index contributed by atoms with van der Waals surface area (Å²) in [4.78, 5) is 33.8. The number of aliphatic carboxylic acids is 1. The minimum Gasteiger partial charge on any atom is -0.481 e. The minimum atomic E-state index is -0.906. The van der Waals surface area contributed by atoms with Crippen LogP contribution in [0.1, 0.15) is 19.3 Å². The van der Waals surface area contributed by atoms with Crippen molar-refractivity contribution in [1.29, 1.82) is 0 Å². The van der Waals surface area contributed by atoms with Crippen molar-refractivity contribution in [2.75, 3.05) is 37.5 Å². The molecule has 1 amide bonds. The summed E-state index contributed by atoms with van der Waals surface area (Å²) in [6, 6.07) is 9.60. The number of anilines is 2. The number of hydrogen-bond donors (Lipinski definition) is 3. The Balaban J connectivity index is 1.34. The predicted octanol–water partition coefficient (Wildman–Crippen LogP) is 1.53. The zero-order chi connectivity index (χ0) is 23.4. The van der Waals surface area contributed by atoms with Gasteiger partial charge in [0.15, 0.2) is 0 Å². The molecule has 33 heavy (non-hydrogen) atoms. The van der Waals surface area contributed by atoms with Crippen molar-refractivity contribution >= 4 is 23.5 Å². The molecule has 0 aliphatic carbocycles. The number of carboxylic acid groups (broad SMARTS) is 1. The molecule has 176 valence electrons. The Labute approximate surface area is 192 Å². The second-order valence-electron chi connectivity index (χ2n) is 8.47. The smallest absolute Gasteiger partial charge is 0.303 e. The number of benzene rings is 1. The van der Waals surface area contributed by atoms with Gasteiger partial charge in [-0.25, -0.2) is 9.97 Å². The SMILES string of the molecule is CN(C)c1ccc(-c2ccnc(NC3COC4C(NC(=O)CCCC(=O)O)COC34)n2)cc1. The van der Waals surface area contributed by atoms with E-state index in [1.165, 1.54) is 0 Å². The van der Waals surface area contributed by atoms with E-state index >= 15 is 0 Å². The highest BCUT2D eigenvalue weighted by atomic mass is 16.6. The van der Waals surface area contributed by atoms with Crippen LogP contribution < -0.4 is 15.5 Å². The molecule has 4 rings (SSSR count). The van der Waals surface area contributed by atoms with Crippen molar-refractivity contribution in [2.45, 2.75) is 43.6 Å². The fourth-order valence-electron chi connectivity index (χ4n) is 4.11. The number of ether oxygens (including phenoxy) is 2. The maximum absolute atomic E-state index is 12.1. The normalized spacial score (nSPS) is 23.7. The molecular formula is C23H29N5O5. The van der Waals surface area contributed by atoms with Crippen LogP contribution in [-0.2, 0) is 19.1 Å². The van der Waals surface area contributed by atoms with E-state index in [2.05, 4.69) is 20.6 Å². The third kappa shape index (κ3) is 5.58. The van der Waals surface area contributed by atoms with Gasteiger partial charge >= 0.3 is 5.97 Å². The first-order valence-electron chi connectivity index (χ1n) is 11.0. The monoisotopic (exact) mass is 455 g/mol. The average Bonchev–Trinajstić information content (AvgIpc) is 3.37. The number of carboxylic acids is 1. The number of amides is 1. The van der Waals surface area contributed by atoms with Crippen molar-refractivity contribution < 1.29 is 24.2 Å². The van der Waals surface area contributed by atoms with Gasteiger partial charge in [0.05, 0.1) is 31.0 Å². The van der Waals surface area contributed by atoms with Crippen LogP contribution in [0.5, 0.6) is 0 Å². The fraction of sp³-hybridized carbons (Fsp3) is 0.478. The van der Waals surface area contributed by atoms with Crippen molar-refractivity contribution in [3.63, 3.8) is 0 Å². The molecule has 2 aliphatic rings. The van der Waals surface area contributed by atoms with Gasteiger partial charge in [-0.1, -0.05) is 12.1 Å². The minimum absolute atomic E-state index is 0.0258. The summed E-state index contributed by atoms with van der Waals surface area (Å²) in [7, 11) is 4.00. The van der Waals surface area contributed by atoms with Gasteiger partial charge in [-0.2, -0.15) is 0 Å². The maximum atomic E-state index is 12.1. The lowest BCUT2D eigenvalue weighted by Crippen LogP contribution is -2.44. The summed E-state index contributed by atoms with van der Waals surface area (Å²) in [5.74, 6) is -0.609. The summed E-state index contributed by atoms with van der Waals surface area (Å²) < 4.78 is 11.8. The van der Waals surface area contributed by atoms with E-state index < -0.39 is 5.97 Å². The first-order valence-corrected chi connectivity index (χ1v) is 11.0. The Morgan fingerprint density at radius 2 is 1.76 bits per heavy atom. The highest BCUT2D eigenvalue weighted by Gasteiger charge is 2.48. The summed E-state index contributed by atoms with van der Waals surface area (Å²) in [5, 5.41) is 14.9. The van der Waals surface area contributed by atoms with Gasteiger partial charge in [-0.05, 0) is 24.6 Å². The van der Waals surface area contributed by atoms with Crippen LogP contribution in [0.2, 0.25) is 0 Å². The maximum Gasteiger partial charge on any atom is 0.303 e. The Morgan fingerprint density at radius 1 is 1.06 bits per heavy atom. The lowest BCUT2D eigenvalue weighted by Gasteiger charge is -2.18. The second kappa shape index (κ2) is 10.1. The van der Waals surface area contributed by atoms with Crippen molar-refractivity contribution in [3.8, 4) is 11.3 Å². The highest BCUT2D eigenvalue weighted by Crippen LogP contribution is 2.29. The number of carbonyl (C=O) groups is 2. The molecule has 4 atom stereocenters. The summed E-state index contributed by atoms with van der Waals surface area (Å²) >= 11 is 0. The van der Waals surface area contributed by atoms with Gasteiger partial charge in [0.2, 0.25) is 11.9 Å². The molecular weight excluding hydrogens is 426 g/mol. The highest BCUT2D eigenvalue weighted by molar-refractivity contribution is 5.77. The first kappa shape index (κ1) is 22.9. The van der Waals surface area contributed by atoms with Gasteiger partial charge in [0.1, 0.15) is 12.2 Å². The van der Waals surface area contributed by atoms with Gasteiger partial charge in [0.25, 0.3) is 0 Å². The Hall–Kier alpha value is -3.24. The van der Waals surface area contributed by atoms with Gasteiger partial charge in [-0.15, -0.1) is 0 Å². The Kier molecular flexibility index (Phi) is 7.05. The van der Waals surface area contributed by atoms with Crippen LogP contribution in [0.3, 0.4) is 0 Å². The zero-order valence-electron chi connectivity index (χ0n) is 18.7. The van der Waals surface area contributed by atoms with Crippen molar-refractivity contribution in [3.05, 3.63) is 36.5 Å². The van der Waals surface area contributed by atoms with E-state index in [4.69, 9.17) is 14.6 Å². The van der Waals surface area contributed by atoms with Gasteiger partial charge < -0.3 is 30.1 Å². The van der Waals surface area contributed by atoms with Gasteiger partial charge in [-0.3, -0.25) is 9.59 Å². The lowest BCUT2D eigenvalue weighted by molar-refractivity contribution is -0.137. The molecule has 3 N–H and O–H groups in total. The molecule has 10 nitrogen and oxygen atoms in total. The standard InChI is InChI=1S/C23H29N5O5/c1-28(2)15-8-6-14(7-9-15)16-10-11-24-23(26-16)27-18-13-33-21-17(12-32-22(18)21)25-19(29)4-3-5-20(30)31/h6-11,17-18,21-22H,3-5,12-13H2,1-2H3,(H,25,29)(H,30,31)(H,24,26,27). The molecule has 2 fully saturated rings. The summed E-state index contributed by atoms with van der Waals surface area (Å²) in [5.41, 5.74) is 2.92. The number of fused-ring (bicyclic) bond motifs is 1. The summed E-state index contributed by atoms with van der Waals surface area (Å²) in [6.07, 6.45) is 1.65. The molecule has 0 saturated carbocycles. The molecule has 1 aromatic heterocycles. The first-order chi connectivity index (χ1) is 15.9. The van der Waals surface area contributed by atoms with Crippen LogP contribution in [0.4, 0.5) is 11.6 Å². The molecule has 0 spiro atoms. The van der Waals surface area contributed by atoms with Crippen LogP contribution in [0.15, 0.2) is 36.5 Å². The molecule has 10 heteroatoms. The molecule has 4 unspecified atom stereocenters. The average molecular weight is 456 g/mol. The number of rotatable bonds is 9. The summed E-state index contributed by atoms with van der Waals surface area (Å²) in [6.45, 7) is 0.753. The van der Waals surface area contributed by atoms with Crippen LogP contribution in [0.25, 0.3) is 11.3 Å². The number of carbonyl (C=O) groups excluding carboxylic acids is 1. The lowest BCUT2D eigenvalue weighted by atomic mass is 10.1.